The first-order valence-corrected chi connectivity index (χ1v) is 7.93. The van der Waals surface area contributed by atoms with Crippen molar-refractivity contribution in [3.05, 3.63) is 60.2 Å². The molecule has 1 atom stereocenters. The van der Waals surface area contributed by atoms with Crippen molar-refractivity contribution in [3.63, 3.8) is 0 Å². The van der Waals surface area contributed by atoms with Gasteiger partial charge in [0, 0.05) is 30.8 Å². The molecule has 2 rings (SSSR count). The van der Waals surface area contributed by atoms with Crippen LogP contribution in [-0.2, 0) is 22.4 Å². The van der Waals surface area contributed by atoms with Crippen molar-refractivity contribution in [2.75, 3.05) is 0 Å². The molecule has 0 fully saturated rings. The molecule has 0 aliphatic rings. The van der Waals surface area contributed by atoms with Crippen LogP contribution >= 0.6 is 0 Å². The number of amides is 1. The van der Waals surface area contributed by atoms with E-state index in [1.54, 1.807) is 12.3 Å². The van der Waals surface area contributed by atoms with Gasteiger partial charge < -0.3 is 10.4 Å². The van der Waals surface area contributed by atoms with E-state index in [-0.39, 0.29) is 18.4 Å². The van der Waals surface area contributed by atoms with Gasteiger partial charge in [0.2, 0.25) is 5.91 Å². The molecule has 0 radical (unpaired) electrons. The van der Waals surface area contributed by atoms with Crippen LogP contribution in [-0.4, -0.2) is 33.0 Å². The molecule has 1 aromatic carbocycles. The standard InChI is InChI=1S/C18H21N3O3/c22-17(8-6-15-10-11-19-13-20-15)21-16(7-9-18(23)24)12-14-4-2-1-3-5-14/h1-5,10-11,13,16H,6-9,12H2,(H,21,22)(H,23,24). The van der Waals surface area contributed by atoms with Crippen LogP contribution in [0.1, 0.15) is 30.5 Å². The zero-order valence-corrected chi connectivity index (χ0v) is 13.4. The second-order valence-corrected chi connectivity index (χ2v) is 5.59. The Morgan fingerprint density at radius 1 is 1.12 bits per heavy atom. The highest BCUT2D eigenvalue weighted by Gasteiger charge is 2.15. The van der Waals surface area contributed by atoms with Crippen molar-refractivity contribution < 1.29 is 14.7 Å². The number of hydrogen-bond donors (Lipinski definition) is 2. The Kier molecular flexibility index (Phi) is 6.89. The minimum absolute atomic E-state index is 0.0314. The number of carboxylic acids is 1. The first kappa shape index (κ1) is 17.6. The van der Waals surface area contributed by atoms with Gasteiger partial charge in [-0.05, 0) is 30.9 Å². The van der Waals surface area contributed by atoms with Crippen molar-refractivity contribution in [1.82, 2.24) is 15.3 Å². The van der Waals surface area contributed by atoms with Crippen LogP contribution in [0.25, 0.3) is 0 Å². The van der Waals surface area contributed by atoms with E-state index < -0.39 is 5.97 Å². The fourth-order valence-corrected chi connectivity index (χ4v) is 2.43. The molecule has 1 amide bonds. The maximum absolute atomic E-state index is 12.2. The van der Waals surface area contributed by atoms with Gasteiger partial charge >= 0.3 is 5.97 Å². The molecular weight excluding hydrogens is 306 g/mol. The van der Waals surface area contributed by atoms with Crippen molar-refractivity contribution in [3.8, 4) is 0 Å². The molecule has 126 valence electrons. The fraction of sp³-hybridized carbons (Fsp3) is 0.333. The molecular formula is C18H21N3O3. The summed E-state index contributed by atoms with van der Waals surface area (Å²) in [5.74, 6) is -0.955. The smallest absolute Gasteiger partial charge is 0.303 e. The SMILES string of the molecule is O=C(O)CCC(Cc1ccccc1)NC(=O)CCc1ccncn1. The first-order chi connectivity index (χ1) is 11.6. The number of nitrogens with zero attached hydrogens (tertiary/aromatic N) is 2. The quantitative estimate of drug-likeness (QED) is 0.735. The molecule has 1 unspecified atom stereocenters. The topological polar surface area (TPSA) is 92.2 Å². The van der Waals surface area contributed by atoms with E-state index in [2.05, 4.69) is 15.3 Å². The number of benzene rings is 1. The van der Waals surface area contributed by atoms with Crippen LogP contribution in [0, 0.1) is 0 Å². The highest BCUT2D eigenvalue weighted by atomic mass is 16.4. The van der Waals surface area contributed by atoms with Crippen molar-refractivity contribution in [1.29, 1.82) is 0 Å². The van der Waals surface area contributed by atoms with Gasteiger partial charge in [-0.25, -0.2) is 9.97 Å². The summed E-state index contributed by atoms with van der Waals surface area (Å²) in [6, 6.07) is 11.3. The number of carbonyl (C=O) groups excluding carboxylic acids is 1. The third-order valence-electron chi connectivity index (χ3n) is 3.65. The van der Waals surface area contributed by atoms with Crippen LogP contribution in [0.4, 0.5) is 0 Å². The molecule has 2 aromatic rings. The minimum atomic E-state index is -0.858. The Bertz CT molecular complexity index is 647. The largest absolute Gasteiger partial charge is 0.481 e. The van der Waals surface area contributed by atoms with E-state index >= 15 is 0 Å². The van der Waals surface area contributed by atoms with Gasteiger partial charge in [-0.3, -0.25) is 9.59 Å². The minimum Gasteiger partial charge on any atom is -0.481 e. The summed E-state index contributed by atoms with van der Waals surface area (Å²) in [5, 5.41) is 11.8. The summed E-state index contributed by atoms with van der Waals surface area (Å²) >= 11 is 0. The molecule has 6 nitrogen and oxygen atoms in total. The second kappa shape index (κ2) is 9.39. The number of carboxylic acid groups (broad SMARTS) is 1. The van der Waals surface area contributed by atoms with Gasteiger partial charge in [0.05, 0.1) is 0 Å². The fourth-order valence-electron chi connectivity index (χ4n) is 2.43. The monoisotopic (exact) mass is 327 g/mol. The number of aromatic nitrogens is 2. The van der Waals surface area contributed by atoms with Gasteiger partial charge in [0.15, 0.2) is 0 Å². The van der Waals surface area contributed by atoms with E-state index in [9.17, 15) is 9.59 Å². The lowest BCUT2D eigenvalue weighted by Gasteiger charge is -2.18. The molecule has 0 spiro atoms. The molecule has 0 saturated heterocycles. The Morgan fingerprint density at radius 3 is 2.58 bits per heavy atom. The number of rotatable bonds is 9. The molecule has 24 heavy (non-hydrogen) atoms. The van der Waals surface area contributed by atoms with E-state index in [1.807, 2.05) is 30.3 Å². The zero-order valence-electron chi connectivity index (χ0n) is 13.4. The van der Waals surface area contributed by atoms with Crippen LogP contribution in [0.3, 0.4) is 0 Å². The van der Waals surface area contributed by atoms with Crippen LogP contribution in [0.15, 0.2) is 48.9 Å². The summed E-state index contributed by atoms with van der Waals surface area (Å²) in [4.78, 5) is 30.9. The molecule has 0 saturated carbocycles. The Hall–Kier alpha value is -2.76. The average Bonchev–Trinajstić information content (AvgIpc) is 2.60. The maximum atomic E-state index is 12.2. The number of aryl methyl sites for hydroxylation is 1. The highest BCUT2D eigenvalue weighted by molar-refractivity contribution is 5.76. The van der Waals surface area contributed by atoms with Gasteiger partial charge in [-0.15, -0.1) is 0 Å². The van der Waals surface area contributed by atoms with Gasteiger partial charge in [0.1, 0.15) is 6.33 Å². The maximum Gasteiger partial charge on any atom is 0.303 e. The lowest BCUT2D eigenvalue weighted by Crippen LogP contribution is -2.37. The van der Waals surface area contributed by atoms with Gasteiger partial charge in [0.25, 0.3) is 0 Å². The van der Waals surface area contributed by atoms with E-state index in [1.165, 1.54) is 6.33 Å². The number of carbonyl (C=O) groups is 2. The molecule has 6 heteroatoms. The molecule has 0 aliphatic carbocycles. The second-order valence-electron chi connectivity index (χ2n) is 5.59. The lowest BCUT2D eigenvalue weighted by atomic mass is 10.0. The first-order valence-electron chi connectivity index (χ1n) is 7.93. The zero-order chi connectivity index (χ0) is 17.2. The number of nitrogens with one attached hydrogen (secondary N) is 1. The lowest BCUT2D eigenvalue weighted by molar-refractivity contribution is -0.137. The van der Waals surface area contributed by atoms with E-state index in [0.29, 0.717) is 25.7 Å². The molecule has 2 N–H and O–H groups in total. The summed E-state index contributed by atoms with van der Waals surface area (Å²) in [6.07, 6.45) is 5.00. The molecule has 0 bridgehead atoms. The normalized spacial score (nSPS) is 11.7. The van der Waals surface area contributed by atoms with Crippen LogP contribution in [0.5, 0.6) is 0 Å². The van der Waals surface area contributed by atoms with Crippen LogP contribution in [0.2, 0.25) is 0 Å². The Morgan fingerprint density at radius 2 is 1.92 bits per heavy atom. The highest BCUT2D eigenvalue weighted by Crippen LogP contribution is 2.09. The van der Waals surface area contributed by atoms with Gasteiger partial charge in [-0.1, -0.05) is 30.3 Å². The van der Waals surface area contributed by atoms with E-state index in [4.69, 9.17) is 5.11 Å². The predicted molar refractivity (Wildman–Crippen MR) is 89.3 cm³/mol. The third-order valence-corrected chi connectivity index (χ3v) is 3.65. The Labute approximate surface area is 141 Å². The summed E-state index contributed by atoms with van der Waals surface area (Å²) in [6.45, 7) is 0. The van der Waals surface area contributed by atoms with E-state index in [0.717, 1.165) is 11.3 Å². The molecule has 1 aromatic heterocycles. The summed E-state index contributed by atoms with van der Waals surface area (Å²) in [5.41, 5.74) is 1.88. The van der Waals surface area contributed by atoms with Crippen molar-refractivity contribution in [2.45, 2.75) is 38.1 Å². The number of aliphatic carboxylic acids is 1. The predicted octanol–water partition coefficient (Wildman–Crippen LogP) is 2.00. The number of hydrogen-bond acceptors (Lipinski definition) is 4. The van der Waals surface area contributed by atoms with Crippen molar-refractivity contribution >= 4 is 11.9 Å². The molecule has 1 heterocycles. The average molecular weight is 327 g/mol. The molecule has 0 aliphatic heterocycles. The van der Waals surface area contributed by atoms with Crippen LogP contribution < -0.4 is 5.32 Å². The third kappa shape index (κ3) is 6.56. The van der Waals surface area contributed by atoms with Crippen molar-refractivity contribution in [2.24, 2.45) is 0 Å². The Balaban J connectivity index is 1.88. The summed E-state index contributed by atoms with van der Waals surface area (Å²) in [7, 11) is 0. The summed E-state index contributed by atoms with van der Waals surface area (Å²) < 4.78 is 0. The van der Waals surface area contributed by atoms with Gasteiger partial charge in [-0.2, -0.15) is 0 Å².